The van der Waals surface area contributed by atoms with Gasteiger partial charge in [-0.25, -0.2) is 0 Å². The number of aliphatic hydroxyl groups excluding tert-OH is 1. The average molecular weight is 280 g/mol. The molecule has 0 aromatic heterocycles. The molecule has 0 aromatic carbocycles. The van der Waals surface area contributed by atoms with E-state index in [0.29, 0.717) is 5.41 Å². The highest BCUT2D eigenvalue weighted by Crippen LogP contribution is 2.40. The van der Waals surface area contributed by atoms with Gasteiger partial charge in [0, 0.05) is 25.7 Å². The molecule has 3 aliphatic rings. The summed E-state index contributed by atoms with van der Waals surface area (Å²) in [7, 11) is 0. The van der Waals surface area contributed by atoms with Crippen molar-refractivity contribution in [2.24, 2.45) is 11.3 Å². The summed E-state index contributed by atoms with van der Waals surface area (Å²) >= 11 is 0. The molecule has 0 radical (unpaired) electrons. The number of hydrogen-bond donors (Lipinski definition) is 2. The van der Waals surface area contributed by atoms with Crippen molar-refractivity contribution in [1.29, 1.82) is 0 Å². The molecular formula is C17H32N2O. The standard InChI is InChI=1S/C17H32N2O/c1-14-4-2-8-17(10-14,12-18-15-6-7-15)13-19-9-3-5-16(20)11-19/h14-16,18,20H,2-13H2,1H3. The van der Waals surface area contributed by atoms with Gasteiger partial charge in [-0.1, -0.05) is 19.8 Å². The lowest BCUT2D eigenvalue weighted by atomic mass is 9.69. The number of piperidine rings is 1. The second-order valence-electron chi connectivity index (χ2n) is 7.89. The zero-order chi connectivity index (χ0) is 14.0. The van der Waals surface area contributed by atoms with Gasteiger partial charge in [-0.05, 0) is 56.4 Å². The van der Waals surface area contributed by atoms with E-state index in [0.717, 1.165) is 24.9 Å². The quantitative estimate of drug-likeness (QED) is 0.812. The molecule has 3 heteroatoms. The third kappa shape index (κ3) is 3.96. The summed E-state index contributed by atoms with van der Waals surface area (Å²) in [5.74, 6) is 0.875. The molecule has 116 valence electrons. The van der Waals surface area contributed by atoms with Crippen LogP contribution in [0.15, 0.2) is 0 Å². The molecule has 0 aromatic rings. The Balaban J connectivity index is 1.60. The van der Waals surface area contributed by atoms with E-state index in [1.807, 2.05) is 0 Å². The summed E-state index contributed by atoms with van der Waals surface area (Å²) in [4.78, 5) is 2.54. The maximum Gasteiger partial charge on any atom is 0.0667 e. The van der Waals surface area contributed by atoms with Crippen molar-refractivity contribution in [1.82, 2.24) is 10.2 Å². The Labute approximate surface area is 124 Å². The molecule has 1 saturated heterocycles. The van der Waals surface area contributed by atoms with E-state index in [1.54, 1.807) is 0 Å². The fraction of sp³-hybridized carbons (Fsp3) is 1.00. The number of likely N-dealkylation sites (tertiary alicyclic amines) is 1. The minimum atomic E-state index is -0.0850. The fourth-order valence-electron chi connectivity index (χ4n) is 4.43. The van der Waals surface area contributed by atoms with Crippen molar-refractivity contribution >= 4 is 0 Å². The van der Waals surface area contributed by atoms with E-state index in [9.17, 15) is 5.11 Å². The largest absolute Gasteiger partial charge is 0.392 e. The minimum Gasteiger partial charge on any atom is -0.392 e. The summed E-state index contributed by atoms with van der Waals surface area (Å²) in [5.41, 5.74) is 0.470. The van der Waals surface area contributed by atoms with Crippen LogP contribution in [0.1, 0.15) is 58.3 Å². The van der Waals surface area contributed by atoms with Crippen molar-refractivity contribution in [2.75, 3.05) is 26.2 Å². The van der Waals surface area contributed by atoms with E-state index in [1.165, 1.54) is 64.6 Å². The van der Waals surface area contributed by atoms with Crippen LogP contribution in [-0.2, 0) is 0 Å². The maximum atomic E-state index is 9.92. The number of rotatable bonds is 5. The second-order valence-corrected chi connectivity index (χ2v) is 7.89. The highest BCUT2D eigenvalue weighted by Gasteiger charge is 2.38. The second kappa shape index (κ2) is 6.33. The molecule has 0 amide bonds. The highest BCUT2D eigenvalue weighted by atomic mass is 16.3. The predicted octanol–water partition coefficient (Wildman–Crippen LogP) is 2.39. The summed E-state index contributed by atoms with van der Waals surface area (Å²) in [5, 5.41) is 13.7. The monoisotopic (exact) mass is 280 g/mol. The molecule has 2 aliphatic carbocycles. The third-order valence-corrected chi connectivity index (χ3v) is 5.57. The van der Waals surface area contributed by atoms with Gasteiger partial charge in [-0.15, -0.1) is 0 Å². The predicted molar refractivity (Wildman–Crippen MR) is 82.8 cm³/mol. The number of nitrogens with zero attached hydrogens (tertiary/aromatic N) is 1. The van der Waals surface area contributed by atoms with Crippen molar-refractivity contribution in [3.05, 3.63) is 0 Å². The molecule has 3 nitrogen and oxygen atoms in total. The first-order valence-corrected chi connectivity index (χ1v) is 8.79. The Kier molecular flexibility index (Phi) is 4.68. The van der Waals surface area contributed by atoms with Crippen molar-refractivity contribution in [3.8, 4) is 0 Å². The number of β-amino-alcohol motifs (C(OH)–C–C–N with tert-alkyl or cyclic N) is 1. The Morgan fingerprint density at radius 1 is 1.20 bits per heavy atom. The van der Waals surface area contributed by atoms with Gasteiger partial charge in [-0.2, -0.15) is 0 Å². The van der Waals surface area contributed by atoms with E-state index in [4.69, 9.17) is 0 Å². The Morgan fingerprint density at radius 3 is 2.75 bits per heavy atom. The van der Waals surface area contributed by atoms with E-state index >= 15 is 0 Å². The van der Waals surface area contributed by atoms with Gasteiger partial charge in [0.25, 0.3) is 0 Å². The Hall–Kier alpha value is -0.120. The van der Waals surface area contributed by atoms with Crippen molar-refractivity contribution < 1.29 is 5.11 Å². The summed E-state index contributed by atoms with van der Waals surface area (Å²) in [6.07, 6.45) is 10.4. The van der Waals surface area contributed by atoms with Gasteiger partial charge in [0.1, 0.15) is 0 Å². The van der Waals surface area contributed by atoms with Gasteiger partial charge < -0.3 is 15.3 Å². The number of hydrogen-bond acceptors (Lipinski definition) is 3. The Morgan fingerprint density at radius 2 is 2.05 bits per heavy atom. The molecule has 20 heavy (non-hydrogen) atoms. The lowest BCUT2D eigenvalue weighted by Crippen LogP contribution is -2.50. The van der Waals surface area contributed by atoms with Gasteiger partial charge in [0.05, 0.1) is 6.10 Å². The van der Waals surface area contributed by atoms with Crippen LogP contribution >= 0.6 is 0 Å². The maximum absolute atomic E-state index is 9.92. The number of nitrogens with one attached hydrogen (secondary N) is 1. The Bertz CT molecular complexity index is 318. The third-order valence-electron chi connectivity index (χ3n) is 5.57. The van der Waals surface area contributed by atoms with Crippen LogP contribution in [0.2, 0.25) is 0 Å². The van der Waals surface area contributed by atoms with Crippen molar-refractivity contribution in [3.63, 3.8) is 0 Å². The molecular weight excluding hydrogens is 248 g/mol. The van der Waals surface area contributed by atoms with E-state index < -0.39 is 0 Å². The first-order valence-electron chi connectivity index (χ1n) is 8.79. The zero-order valence-corrected chi connectivity index (χ0v) is 13.1. The molecule has 0 bridgehead atoms. The van der Waals surface area contributed by atoms with Crippen LogP contribution in [0.25, 0.3) is 0 Å². The van der Waals surface area contributed by atoms with Gasteiger partial charge in [0.2, 0.25) is 0 Å². The number of aliphatic hydroxyl groups is 1. The molecule has 3 atom stereocenters. The zero-order valence-electron chi connectivity index (χ0n) is 13.1. The van der Waals surface area contributed by atoms with Gasteiger partial charge in [-0.3, -0.25) is 0 Å². The first kappa shape index (κ1) is 14.8. The minimum absolute atomic E-state index is 0.0850. The smallest absolute Gasteiger partial charge is 0.0667 e. The molecule has 3 fully saturated rings. The topological polar surface area (TPSA) is 35.5 Å². The molecule has 3 rings (SSSR count). The molecule has 2 N–H and O–H groups in total. The van der Waals surface area contributed by atoms with Gasteiger partial charge in [0.15, 0.2) is 0 Å². The van der Waals surface area contributed by atoms with Crippen LogP contribution in [0.5, 0.6) is 0 Å². The van der Waals surface area contributed by atoms with Crippen LogP contribution < -0.4 is 5.32 Å². The van der Waals surface area contributed by atoms with Crippen LogP contribution in [-0.4, -0.2) is 48.3 Å². The molecule has 1 heterocycles. The van der Waals surface area contributed by atoms with E-state index in [-0.39, 0.29) is 6.10 Å². The fourth-order valence-corrected chi connectivity index (χ4v) is 4.43. The molecule has 2 saturated carbocycles. The molecule has 3 unspecified atom stereocenters. The van der Waals surface area contributed by atoms with Crippen LogP contribution in [0.3, 0.4) is 0 Å². The normalized spacial score (nSPS) is 39.9. The van der Waals surface area contributed by atoms with Crippen molar-refractivity contribution in [2.45, 2.75) is 70.4 Å². The first-order chi connectivity index (χ1) is 9.65. The van der Waals surface area contributed by atoms with Crippen LogP contribution in [0, 0.1) is 11.3 Å². The highest BCUT2D eigenvalue weighted by molar-refractivity contribution is 4.93. The van der Waals surface area contributed by atoms with E-state index in [2.05, 4.69) is 17.1 Å². The lowest BCUT2D eigenvalue weighted by Gasteiger charge is -2.45. The SMILES string of the molecule is CC1CCCC(CNC2CC2)(CN2CCCC(O)C2)C1. The molecule has 1 aliphatic heterocycles. The average Bonchev–Trinajstić information content (AvgIpc) is 3.20. The van der Waals surface area contributed by atoms with Gasteiger partial charge >= 0.3 is 0 Å². The lowest BCUT2D eigenvalue weighted by molar-refractivity contribution is 0.0230. The molecule has 0 spiro atoms. The summed E-state index contributed by atoms with van der Waals surface area (Å²) in [6.45, 7) is 6.93. The summed E-state index contributed by atoms with van der Waals surface area (Å²) in [6, 6.07) is 0.816. The van der Waals surface area contributed by atoms with Crippen LogP contribution in [0.4, 0.5) is 0 Å². The summed E-state index contributed by atoms with van der Waals surface area (Å²) < 4.78 is 0.